The molecule has 120 valence electrons. The molecule has 0 fully saturated rings. The van der Waals surface area contributed by atoms with E-state index < -0.39 is 0 Å². The van der Waals surface area contributed by atoms with Crippen LogP contribution in [-0.4, -0.2) is 23.8 Å². The fraction of sp³-hybridized carbons (Fsp3) is 0.125. The molecule has 0 spiro atoms. The summed E-state index contributed by atoms with van der Waals surface area (Å²) in [6.45, 7) is 2.48. The summed E-state index contributed by atoms with van der Waals surface area (Å²) >= 11 is 4.20. The Morgan fingerprint density at radius 2 is 2.00 bits per heavy atom. The number of amides is 1. The maximum atomic E-state index is 12.0. The summed E-state index contributed by atoms with van der Waals surface area (Å²) in [5, 5.41) is 13.9. The van der Waals surface area contributed by atoms with E-state index in [9.17, 15) is 9.90 Å². The first-order chi connectivity index (χ1) is 11.0. The molecule has 0 aliphatic heterocycles. The van der Waals surface area contributed by atoms with Crippen molar-refractivity contribution in [2.75, 3.05) is 6.61 Å². The Bertz CT molecular complexity index is 731. The number of hydrazone groups is 1. The lowest BCUT2D eigenvalue weighted by atomic mass is 10.2. The van der Waals surface area contributed by atoms with Gasteiger partial charge in [0.05, 0.1) is 16.4 Å². The normalized spacial score (nSPS) is 10.7. The van der Waals surface area contributed by atoms with E-state index in [0.717, 1.165) is 7.14 Å². The van der Waals surface area contributed by atoms with E-state index in [0.29, 0.717) is 23.5 Å². The molecule has 0 heterocycles. The van der Waals surface area contributed by atoms with Gasteiger partial charge in [0, 0.05) is 14.7 Å². The summed E-state index contributed by atoms with van der Waals surface area (Å²) in [4.78, 5) is 12.0. The van der Waals surface area contributed by atoms with E-state index in [-0.39, 0.29) is 11.7 Å². The third-order valence-corrected chi connectivity index (χ3v) is 4.30. The lowest BCUT2D eigenvalue weighted by molar-refractivity contribution is 0.0955. The third-order valence-electron chi connectivity index (χ3n) is 2.85. The zero-order valence-corrected chi connectivity index (χ0v) is 16.5. The van der Waals surface area contributed by atoms with Crippen molar-refractivity contribution in [1.82, 2.24) is 5.43 Å². The first-order valence-electron chi connectivity index (χ1n) is 6.75. The van der Waals surface area contributed by atoms with Crippen molar-refractivity contribution >= 4 is 57.3 Å². The highest BCUT2D eigenvalue weighted by atomic mass is 127. The Kier molecular flexibility index (Phi) is 6.63. The standard InChI is InChI=1S/C16H14I2N2O3/c1-2-23-13-5-3-10(4-6-13)16(22)20-19-9-11-7-12(17)8-14(18)15(11)21/h3-9,21H,2H2,1H3,(H,20,22)/b19-9-. The largest absolute Gasteiger partial charge is 0.506 e. The van der Waals surface area contributed by atoms with Crippen LogP contribution in [0.25, 0.3) is 0 Å². The van der Waals surface area contributed by atoms with Gasteiger partial charge in [0.15, 0.2) is 0 Å². The van der Waals surface area contributed by atoms with Gasteiger partial charge in [0.1, 0.15) is 11.5 Å². The van der Waals surface area contributed by atoms with Crippen LogP contribution in [0.1, 0.15) is 22.8 Å². The van der Waals surface area contributed by atoms with Crippen molar-refractivity contribution in [2.24, 2.45) is 5.10 Å². The van der Waals surface area contributed by atoms with Gasteiger partial charge in [-0.05, 0) is 88.5 Å². The Balaban J connectivity index is 2.04. The van der Waals surface area contributed by atoms with Crippen LogP contribution in [0.5, 0.6) is 11.5 Å². The van der Waals surface area contributed by atoms with Crippen LogP contribution in [0.4, 0.5) is 0 Å². The van der Waals surface area contributed by atoms with Crippen molar-refractivity contribution in [1.29, 1.82) is 0 Å². The number of phenolic OH excluding ortho intramolecular Hbond substituents is 1. The molecule has 0 aliphatic carbocycles. The summed E-state index contributed by atoms with van der Waals surface area (Å²) in [6, 6.07) is 10.4. The molecule has 0 saturated carbocycles. The van der Waals surface area contributed by atoms with Gasteiger partial charge in [-0.15, -0.1) is 0 Å². The molecule has 0 radical (unpaired) electrons. The van der Waals surface area contributed by atoms with Crippen LogP contribution >= 0.6 is 45.2 Å². The van der Waals surface area contributed by atoms with E-state index in [2.05, 4.69) is 33.1 Å². The van der Waals surface area contributed by atoms with E-state index in [4.69, 9.17) is 4.74 Å². The van der Waals surface area contributed by atoms with Gasteiger partial charge in [0.2, 0.25) is 0 Å². The molecule has 5 nitrogen and oxygen atoms in total. The molecule has 2 aromatic carbocycles. The van der Waals surface area contributed by atoms with Gasteiger partial charge in [-0.2, -0.15) is 5.10 Å². The van der Waals surface area contributed by atoms with Crippen LogP contribution in [0, 0.1) is 7.14 Å². The number of halogens is 2. The molecule has 0 bridgehead atoms. The molecule has 2 aromatic rings. The van der Waals surface area contributed by atoms with Gasteiger partial charge in [-0.1, -0.05) is 0 Å². The first-order valence-corrected chi connectivity index (χ1v) is 8.91. The molecule has 0 unspecified atom stereocenters. The number of ether oxygens (including phenoxy) is 1. The molecule has 0 aromatic heterocycles. The topological polar surface area (TPSA) is 70.9 Å². The molecule has 0 saturated heterocycles. The van der Waals surface area contributed by atoms with Crippen molar-refractivity contribution in [2.45, 2.75) is 6.92 Å². The number of carbonyl (C=O) groups excluding carboxylic acids is 1. The molecular weight excluding hydrogens is 522 g/mol. The highest BCUT2D eigenvalue weighted by Crippen LogP contribution is 2.25. The zero-order chi connectivity index (χ0) is 16.8. The summed E-state index contributed by atoms with van der Waals surface area (Å²) in [6.07, 6.45) is 1.42. The summed E-state index contributed by atoms with van der Waals surface area (Å²) in [5.41, 5.74) is 3.47. The molecule has 0 aliphatic rings. The van der Waals surface area contributed by atoms with Crippen LogP contribution in [0.2, 0.25) is 0 Å². The SMILES string of the molecule is CCOc1ccc(C(=O)N/N=C\c2cc(I)cc(I)c2O)cc1. The minimum absolute atomic E-state index is 0.144. The maximum absolute atomic E-state index is 12.0. The zero-order valence-electron chi connectivity index (χ0n) is 12.2. The lowest BCUT2D eigenvalue weighted by Crippen LogP contribution is -2.17. The highest BCUT2D eigenvalue weighted by Gasteiger charge is 2.07. The van der Waals surface area contributed by atoms with Gasteiger partial charge < -0.3 is 9.84 Å². The van der Waals surface area contributed by atoms with Gasteiger partial charge in [-0.25, -0.2) is 5.43 Å². The molecule has 2 N–H and O–H groups in total. The Morgan fingerprint density at radius 1 is 1.30 bits per heavy atom. The smallest absolute Gasteiger partial charge is 0.271 e. The average Bonchev–Trinajstić information content (AvgIpc) is 2.53. The number of phenols is 1. The molecule has 1 amide bonds. The van der Waals surface area contributed by atoms with Crippen molar-refractivity contribution in [3.05, 3.63) is 54.7 Å². The Morgan fingerprint density at radius 3 is 2.65 bits per heavy atom. The fourth-order valence-electron chi connectivity index (χ4n) is 1.78. The van der Waals surface area contributed by atoms with Crippen molar-refractivity contribution < 1.29 is 14.6 Å². The number of carbonyl (C=O) groups is 1. The van der Waals surface area contributed by atoms with E-state index in [1.165, 1.54) is 6.21 Å². The average molecular weight is 536 g/mol. The van der Waals surface area contributed by atoms with Crippen LogP contribution in [0.15, 0.2) is 41.5 Å². The number of benzene rings is 2. The second kappa shape index (κ2) is 8.48. The number of rotatable bonds is 5. The molecule has 0 atom stereocenters. The Labute approximate surface area is 161 Å². The monoisotopic (exact) mass is 536 g/mol. The number of aromatic hydroxyl groups is 1. The summed E-state index contributed by atoms with van der Waals surface area (Å²) < 4.78 is 7.03. The Hall–Kier alpha value is -1.36. The third kappa shape index (κ3) is 5.06. The van der Waals surface area contributed by atoms with E-state index >= 15 is 0 Å². The lowest BCUT2D eigenvalue weighted by Gasteiger charge is -2.05. The van der Waals surface area contributed by atoms with Crippen molar-refractivity contribution in [3.63, 3.8) is 0 Å². The van der Waals surface area contributed by atoms with E-state index in [1.54, 1.807) is 30.3 Å². The predicted molar refractivity (Wildman–Crippen MR) is 106 cm³/mol. The van der Waals surface area contributed by atoms with Gasteiger partial charge in [0.25, 0.3) is 5.91 Å². The van der Waals surface area contributed by atoms with Crippen LogP contribution in [0.3, 0.4) is 0 Å². The number of hydrogen-bond donors (Lipinski definition) is 2. The van der Waals surface area contributed by atoms with Crippen LogP contribution < -0.4 is 10.2 Å². The molecule has 2 rings (SSSR count). The second-order valence-electron chi connectivity index (χ2n) is 4.48. The summed E-state index contributed by atoms with van der Waals surface area (Å²) in [7, 11) is 0. The summed E-state index contributed by atoms with van der Waals surface area (Å²) in [5.74, 6) is 0.528. The van der Waals surface area contributed by atoms with Gasteiger partial charge in [-0.3, -0.25) is 4.79 Å². The van der Waals surface area contributed by atoms with Crippen molar-refractivity contribution in [3.8, 4) is 11.5 Å². The second-order valence-corrected chi connectivity index (χ2v) is 6.89. The predicted octanol–water partition coefficient (Wildman–Crippen LogP) is 3.76. The van der Waals surface area contributed by atoms with Crippen LogP contribution in [-0.2, 0) is 0 Å². The van der Waals surface area contributed by atoms with Gasteiger partial charge >= 0.3 is 0 Å². The minimum Gasteiger partial charge on any atom is -0.506 e. The minimum atomic E-state index is -0.330. The molecule has 23 heavy (non-hydrogen) atoms. The number of hydrogen-bond acceptors (Lipinski definition) is 4. The number of nitrogens with one attached hydrogen (secondary N) is 1. The van der Waals surface area contributed by atoms with E-state index in [1.807, 2.05) is 35.6 Å². The maximum Gasteiger partial charge on any atom is 0.271 e. The first kappa shape index (κ1) is 18.0. The quantitative estimate of drug-likeness (QED) is 0.348. The fourth-order valence-corrected chi connectivity index (χ4v) is 3.67. The molecular formula is C16H14I2N2O3. The number of nitrogens with zero attached hydrogens (tertiary/aromatic N) is 1. The highest BCUT2D eigenvalue weighted by molar-refractivity contribution is 14.1. The molecule has 7 heteroatoms.